The van der Waals surface area contributed by atoms with Crippen LogP contribution in [0.15, 0.2) is 18.2 Å². The molecular formula is C13H16ClFO. The highest BCUT2D eigenvalue weighted by atomic mass is 35.5. The van der Waals surface area contributed by atoms with Gasteiger partial charge in [-0.05, 0) is 23.8 Å². The summed E-state index contributed by atoms with van der Waals surface area (Å²) >= 11 is 6.31. The van der Waals surface area contributed by atoms with Crippen molar-refractivity contribution < 1.29 is 9.13 Å². The summed E-state index contributed by atoms with van der Waals surface area (Å²) in [6, 6.07) is 4.86. The van der Waals surface area contributed by atoms with Crippen molar-refractivity contribution in [3.8, 4) is 5.75 Å². The van der Waals surface area contributed by atoms with E-state index in [1.54, 1.807) is 12.1 Å². The average molecular weight is 243 g/mol. The molecule has 0 N–H and O–H groups in total. The summed E-state index contributed by atoms with van der Waals surface area (Å²) in [5.74, 6) is 0.624. The Balaban J connectivity index is 2.21. The van der Waals surface area contributed by atoms with Crippen molar-refractivity contribution in [3.05, 3.63) is 29.6 Å². The zero-order valence-electron chi connectivity index (χ0n) is 9.76. The fraction of sp³-hybridized carbons (Fsp3) is 0.538. The Bertz CT molecular complexity index is 403. The van der Waals surface area contributed by atoms with Gasteiger partial charge in [-0.1, -0.05) is 19.9 Å². The first-order valence-electron chi connectivity index (χ1n) is 5.43. The predicted octanol–water partition coefficient (Wildman–Crippen LogP) is 4.16. The van der Waals surface area contributed by atoms with Crippen LogP contribution in [-0.4, -0.2) is 7.11 Å². The number of halogens is 2. The van der Waals surface area contributed by atoms with Gasteiger partial charge in [0.15, 0.2) is 0 Å². The van der Waals surface area contributed by atoms with Crippen LogP contribution in [0.5, 0.6) is 5.75 Å². The van der Waals surface area contributed by atoms with Gasteiger partial charge in [0, 0.05) is 11.6 Å². The standard InChI is InChI=1S/C13H16ClFO/c1-13(2)7-10(13)12(14)9-5-4-8(16-3)6-11(9)15/h4-6,10,12H,7H2,1-3H3. The number of benzene rings is 1. The Hall–Kier alpha value is -0.760. The molecule has 0 saturated heterocycles. The van der Waals surface area contributed by atoms with E-state index in [2.05, 4.69) is 13.8 Å². The van der Waals surface area contributed by atoms with Gasteiger partial charge in [-0.3, -0.25) is 0 Å². The van der Waals surface area contributed by atoms with Crippen LogP contribution in [0.2, 0.25) is 0 Å². The second-order valence-electron chi connectivity index (χ2n) is 5.09. The molecule has 16 heavy (non-hydrogen) atoms. The van der Waals surface area contributed by atoms with Crippen LogP contribution in [-0.2, 0) is 0 Å². The largest absolute Gasteiger partial charge is 0.497 e. The minimum atomic E-state index is -0.276. The lowest BCUT2D eigenvalue weighted by Gasteiger charge is -2.13. The highest BCUT2D eigenvalue weighted by molar-refractivity contribution is 6.21. The zero-order chi connectivity index (χ0) is 11.9. The molecule has 0 aliphatic heterocycles. The summed E-state index contributed by atoms with van der Waals surface area (Å²) in [7, 11) is 1.52. The molecule has 1 saturated carbocycles. The topological polar surface area (TPSA) is 9.23 Å². The second-order valence-corrected chi connectivity index (χ2v) is 5.56. The van der Waals surface area contributed by atoms with E-state index in [1.807, 2.05) is 0 Å². The molecule has 0 radical (unpaired) electrons. The van der Waals surface area contributed by atoms with Crippen molar-refractivity contribution in [3.63, 3.8) is 0 Å². The maximum atomic E-state index is 13.8. The Kier molecular flexibility index (Phi) is 2.87. The van der Waals surface area contributed by atoms with Crippen molar-refractivity contribution in [2.45, 2.75) is 25.6 Å². The number of alkyl halides is 1. The SMILES string of the molecule is COc1ccc(C(Cl)C2CC2(C)C)c(F)c1. The lowest BCUT2D eigenvalue weighted by molar-refractivity contribution is 0.410. The van der Waals surface area contributed by atoms with E-state index >= 15 is 0 Å². The first kappa shape index (κ1) is 11.7. The van der Waals surface area contributed by atoms with Gasteiger partial charge in [-0.2, -0.15) is 0 Å². The molecule has 1 aromatic carbocycles. The van der Waals surface area contributed by atoms with Crippen LogP contribution in [0.1, 0.15) is 31.2 Å². The molecule has 0 heterocycles. The molecule has 0 aromatic heterocycles. The van der Waals surface area contributed by atoms with Crippen LogP contribution in [0.3, 0.4) is 0 Å². The van der Waals surface area contributed by atoms with E-state index in [4.69, 9.17) is 16.3 Å². The van der Waals surface area contributed by atoms with Gasteiger partial charge < -0.3 is 4.74 Å². The third kappa shape index (κ3) is 2.03. The number of hydrogen-bond acceptors (Lipinski definition) is 1. The quantitative estimate of drug-likeness (QED) is 0.724. The highest BCUT2D eigenvalue weighted by Gasteiger charge is 2.50. The van der Waals surface area contributed by atoms with Crippen molar-refractivity contribution in [1.82, 2.24) is 0 Å². The van der Waals surface area contributed by atoms with E-state index in [9.17, 15) is 4.39 Å². The van der Waals surface area contributed by atoms with Crippen LogP contribution < -0.4 is 4.74 Å². The van der Waals surface area contributed by atoms with Gasteiger partial charge in [0.25, 0.3) is 0 Å². The van der Waals surface area contributed by atoms with Gasteiger partial charge in [0.1, 0.15) is 11.6 Å². The summed E-state index contributed by atoms with van der Waals surface area (Å²) in [6.45, 7) is 4.32. The Morgan fingerprint density at radius 2 is 2.12 bits per heavy atom. The monoisotopic (exact) mass is 242 g/mol. The average Bonchev–Trinajstić information content (AvgIpc) is 2.86. The first-order chi connectivity index (χ1) is 7.45. The van der Waals surface area contributed by atoms with E-state index < -0.39 is 0 Å². The molecule has 1 aromatic rings. The third-order valence-electron chi connectivity index (χ3n) is 3.45. The van der Waals surface area contributed by atoms with Gasteiger partial charge in [0.05, 0.1) is 12.5 Å². The van der Waals surface area contributed by atoms with Crippen LogP contribution >= 0.6 is 11.6 Å². The van der Waals surface area contributed by atoms with E-state index in [-0.39, 0.29) is 16.6 Å². The van der Waals surface area contributed by atoms with Crippen molar-refractivity contribution in [1.29, 1.82) is 0 Å². The molecule has 88 valence electrons. The third-order valence-corrected chi connectivity index (χ3v) is 3.99. The number of methoxy groups -OCH3 is 1. The minimum absolute atomic E-state index is 0.235. The molecule has 2 unspecified atom stereocenters. The van der Waals surface area contributed by atoms with Crippen LogP contribution in [0.25, 0.3) is 0 Å². The smallest absolute Gasteiger partial charge is 0.131 e. The number of rotatable bonds is 3. The number of hydrogen-bond donors (Lipinski definition) is 0. The van der Waals surface area contributed by atoms with Crippen molar-refractivity contribution in [2.75, 3.05) is 7.11 Å². The molecule has 2 atom stereocenters. The molecule has 0 bridgehead atoms. The molecular weight excluding hydrogens is 227 g/mol. The molecule has 1 aliphatic carbocycles. The van der Waals surface area contributed by atoms with Crippen molar-refractivity contribution in [2.24, 2.45) is 11.3 Å². The lowest BCUT2D eigenvalue weighted by Crippen LogP contribution is -2.02. The molecule has 3 heteroatoms. The summed E-state index contributed by atoms with van der Waals surface area (Å²) in [6.07, 6.45) is 1.06. The Labute approximate surface area is 101 Å². The van der Waals surface area contributed by atoms with Crippen LogP contribution in [0, 0.1) is 17.2 Å². The van der Waals surface area contributed by atoms with Crippen molar-refractivity contribution >= 4 is 11.6 Å². The van der Waals surface area contributed by atoms with E-state index in [0.717, 1.165) is 6.42 Å². The number of ether oxygens (including phenoxy) is 1. The Morgan fingerprint density at radius 1 is 1.50 bits per heavy atom. The molecule has 1 fully saturated rings. The zero-order valence-corrected chi connectivity index (χ0v) is 10.5. The molecule has 0 amide bonds. The molecule has 1 nitrogen and oxygen atoms in total. The fourth-order valence-corrected chi connectivity index (χ4v) is 2.69. The fourth-order valence-electron chi connectivity index (χ4n) is 2.08. The van der Waals surface area contributed by atoms with E-state index in [0.29, 0.717) is 17.2 Å². The molecule has 0 spiro atoms. The molecule has 2 rings (SSSR count). The summed E-state index contributed by atoms with van der Waals surface area (Å²) in [5, 5.41) is -0.235. The van der Waals surface area contributed by atoms with Gasteiger partial charge in [-0.15, -0.1) is 11.6 Å². The van der Waals surface area contributed by atoms with Gasteiger partial charge in [0.2, 0.25) is 0 Å². The summed E-state index contributed by atoms with van der Waals surface area (Å²) in [4.78, 5) is 0. The lowest BCUT2D eigenvalue weighted by atomic mass is 10.0. The van der Waals surface area contributed by atoms with Gasteiger partial charge >= 0.3 is 0 Å². The second kappa shape index (κ2) is 3.92. The minimum Gasteiger partial charge on any atom is -0.497 e. The maximum absolute atomic E-state index is 13.8. The summed E-state index contributed by atoms with van der Waals surface area (Å²) < 4.78 is 18.7. The van der Waals surface area contributed by atoms with Crippen LogP contribution in [0.4, 0.5) is 4.39 Å². The maximum Gasteiger partial charge on any atom is 0.131 e. The first-order valence-corrected chi connectivity index (χ1v) is 5.87. The van der Waals surface area contributed by atoms with E-state index in [1.165, 1.54) is 13.2 Å². The Morgan fingerprint density at radius 3 is 2.56 bits per heavy atom. The highest BCUT2D eigenvalue weighted by Crippen LogP contribution is 2.60. The normalized spacial score (nSPS) is 23.9. The van der Waals surface area contributed by atoms with Gasteiger partial charge in [-0.25, -0.2) is 4.39 Å². The summed E-state index contributed by atoms with van der Waals surface area (Å²) in [5.41, 5.74) is 0.830. The molecule has 1 aliphatic rings. The predicted molar refractivity (Wildman–Crippen MR) is 63.4 cm³/mol.